The standard InChI is InChI=1S/C10H22OS/c1-9(2,3)7-10(4,5)6-8(11)12/h8,11-12H,6-7H2,1-5H3. The molecule has 0 rings (SSSR count). The molecule has 0 aromatic heterocycles. The van der Waals surface area contributed by atoms with Gasteiger partial charge in [0.15, 0.2) is 0 Å². The summed E-state index contributed by atoms with van der Waals surface area (Å²) >= 11 is 4.00. The summed E-state index contributed by atoms with van der Waals surface area (Å²) in [5, 5.41) is 9.15. The Morgan fingerprint density at radius 2 is 1.58 bits per heavy atom. The van der Waals surface area contributed by atoms with Gasteiger partial charge in [-0.15, -0.1) is 12.6 Å². The number of hydrogen-bond acceptors (Lipinski definition) is 2. The molecular formula is C10H22OS. The van der Waals surface area contributed by atoms with Crippen LogP contribution in [0.4, 0.5) is 0 Å². The Bertz CT molecular complexity index is 133. The van der Waals surface area contributed by atoms with Gasteiger partial charge in [0.05, 0.1) is 5.44 Å². The number of hydrogen-bond donors (Lipinski definition) is 2. The van der Waals surface area contributed by atoms with Crippen LogP contribution in [0.5, 0.6) is 0 Å². The minimum absolute atomic E-state index is 0.180. The van der Waals surface area contributed by atoms with E-state index in [1.165, 1.54) is 0 Å². The first-order valence-electron chi connectivity index (χ1n) is 4.49. The summed E-state index contributed by atoms with van der Waals surface area (Å²) in [5.74, 6) is 0. The maximum atomic E-state index is 9.15. The zero-order chi connectivity index (χ0) is 9.99. The van der Waals surface area contributed by atoms with Gasteiger partial charge in [0.1, 0.15) is 0 Å². The van der Waals surface area contributed by atoms with E-state index in [0.717, 1.165) is 12.8 Å². The molecular weight excluding hydrogens is 168 g/mol. The zero-order valence-corrected chi connectivity index (χ0v) is 9.78. The van der Waals surface area contributed by atoms with Crippen LogP contribution in [0, 0.1) is 10.8 Å². The smallest absolute Gasteiger partial charge is 0.0969 e. The fourth-order valence-electron chi connectivity index (χ4n) is 2.00. The van der Waals surface area contributed by atoms with Gasteiger partial charge in [0.2, 0.25) is 0 Å². The van der Waals surface area contributed by atoms with Gasteiger partial charge in [0.25, 0.3) is 0 Å². The van der Waals surface area contributed by atoms with E-state index in [1.807, 2.05) is 0 Å². The Hall–Kier alpha value is 0.310. The van der Waals surface area contributed by atoms with E-state index in [1.54, 1.807) is 0 Å². The monoisotopic (exact) mass is 190 g/mol. The van der Waals surface area contributed by atoms with Crippen LogP contribution in [0.25, 0.3) is 0 Å². The maximum Gasteiger partial charge on any atom is 0.0969 e. The first-order valence-corrected chi connectivity index (χ1v) is 5.00. The highest BCUT2D eigenvalue weighted by Crippen LogP contribution is 2.36. The minimum Gasteiger partial charge on any atom is -0.383 e. The summed E-state index contributed by atoms with van der Waals surface area (Å²) in [7, 11) is 0. The molecule has 12 heavy (non-hydrogen) atoms. The van der Waals surface area contributed by atoms with Crippen LogP contribution in [0.2, 0.25) is 0 Å². The van der Waals surface area contributed by atoms with Gasteiger partial charge < -0.3 is 5.11 Å². The molecule has 0 radical (unpaired) electrons. The van der Waals surface area contributed by atoms with Crippen LogP contribution in [0.15, 0.2) is 0 Å². The fourth-order valence-corrected chi connectivity index (χ4v) is 2.50. The summed E-state index contributed by atoms with van der Waals surface area (Å²) in [6.07, 6.45) is 1.87. The van der Waals surface area contributed by atoms with Gasteiger partial charge in [-0.25, -0.2) is 0 Å². The second kappa shape index (κ2) is 4.01. The molecule has 0 aliphatic carbocycles. The van der Waals surface area contributed by atoms with Crippen LogP contribution < -0.4 is 0 Å². The molecule has 0 fully saturated rings. The van der Waals surface area contributed by atoms with Crippen molar-refractivity contribution < 1.29 is 5.11 Å². The molecule has 0 heterocycles. The third-order valence-corrected chi connectivity index (χ3v) is 1.93. The van der Waals surface area contributed by atoms with Crippen LogP contribution in [0.3, 0.4) is 0 Å². The average molecular weight is 190 g/mol. The van der Waals surface area contributed by atoms with Crippen molar-refractivity contribution in [3.63, 3.8) is 0 Å². The molecule has 0 aliphatic rings. The molecule has 1 unspecified atom stereocenters. The second-order valence-electron chi connectivity index (χ2n) is 5.59. The van der Waals surface area contributed by atoms with Crippen molar-refractivity contribution in [1.29, 1.82) is 0 Å². The van der Waals surface area contributed by atoms with Crippen LogP contribution >= 0.6 is 12.6 Å². The van der Waals surface area contributed by atoms with Crippen LogP contribution in [0.1, 0.15) is 47.5 Å². The zero-order valence-electron chi connectivity index (χ0n) is 8.89. The third-order valence-electron chi connectivity index (χ3n) is 1.74. The lowest BCUT2D eigenvalue weighted by molar-refractivity contribution is 0.139. The fraction of sp³-hybridized carbons (Fsp3) is 1.00. The van der Waals surface area contributed by atoms with E-state index < -0.39 is 5.44 Å². The number of rotatable bonds is 3. The van der Waals surface area contributed by atoms with Crippen molar-refractivity contribution in [1.82, 2.24) is 0 Å². The molecule has 0 saturated carbocycles. The molecule has 1 N–H and O–H groups in total. The van der Waals surface area contributed by atoms with E-state index in [0.29, 0.717) is 5.41 Å². The first-order chi connectivity index (χ1) is 5.12. The second-order valence-corrected chi connectivity index (χ2v) is 6.18. The maximum absolute atomic E-state index is 9.15. The van der Waals surface area contributed by atoms with E-state index >= 15 is 0 Å². The Balaban J connectivity index is 4.04. The van der Waals surface area contributed by atoms with Gasteiger partial charge in [-0.2, -0.15) is 0 Å². The molecule has 0 aliphatic heterocycles. The average Bonchev–Trinajstić information content (AvgIpc) is 1.48. The Morgan fingerprint density at radius 1 is 1.17 bits per heavy atom. The lowest BCUT2D eigenvalue weighted by atomic mass is 9.74. The van der Waals surface area contributed by atoms with Crippen molar-refractivity contribution >= 4 is 12.6 Å². The largest absolute Gasteiger partial charge is 0.383 e. The highest BCUT2D eigenvalue weighted by atomic mass is 32.1. The molecule has 0 saturated heterocycles. The number of aliphatic hydroxyl groups is 1. The Labute approximate surface area is 82.0 Å². The van der Waals surface area contributed by atoms with E-state index in [4.69, 9.17) is 5.11 Å². The van der Waals surface area contributed by atoms with Crippen LogP contribution in [-0.4, -0.2) is 10.5 Å². The van der Waals surface area contributed by atoms with E-state index in [9.17, 15) is 0 Å². The highest BCUT2D eigenvalue weighted by molar-refractivity contribution is 7.80. The molecule has 0 aromatic rings. The Kier molecular flexibility index (Phi) is 4.12. The van der Waals surface area contributed by atoms with Crippen molar-refractivity contribution in [3.8, 4) is 0 Å². The highest BCUT2D eigenvalue weighted by Gasteiger charge is 2.26. The van der Waals surface area contributed by atoms with Gasteiger partial charge in [-0.3, -0.25) is 0 Å². The van der Waals surface area contributed by atoms with Crippen molar-refractivity contribution in [2.45, 2.75) is 52.9 Å². The predicted octanol–water partition coefficient (Wildman–Crippen LogP) is 3.09. The molecule has 1 atom stereocenters. The van der Waals surface area contributed by atoms with Gasteiger partial charge in [-0.1, -0.05) is 34.6 Å². The first kappa shape index (κ1) is 12.3. The topological polar surface area (TPSA) is 20.2 Å². The molecule has 0 aromatic carbocycles. The van der Waals surface area contributed by atoms with E-state index in [-0.39, 0.29) is 5.41 Å². The summed E-state index contributed by atoms with van der Waals surface area (Å²) < 4.78 is 0. The number of aliphatic hydroxyl groups excluding tert-OH is 1. The summed E-state index contributed by atoms with van der Waals surface area (Å²) in [4.78, 5) is 0. The molecule has 1 nitrogen and oxygen atoms in total. The van der Waals surface area contributed by atoms with E-state index in [2.05, 4.69) is 47.2 Å². The Morgan fingerprint density at radius 3 is 1.83 bits per heavy atom. The molecule has 74 valence electrons. The normalized spacial score (nSPS) is 16.2. The third kappa shape index (κ3) is 6.99. The molecule has 0 amide bonds. The SMILES string of the molecule is CC(C)(C)CC(C)(C)CC(O)S. The predicted molar refractivity (Wildman–Crippen MR) is 57.5 cm³/mol. The quantitative estimate of drug-likeness (QED) is 0.517. The molecule has 2 heteroatoms. The van der Waals surface area contributed by atoms with Crippen molar-refractivity contribution in [3.05, 3.63) is 0 Å². The lowest BCUT2D eigenvalue weighted by Gasteiger charge is -2.33. The summed E-state index contributed by atoms with van der Waals surface area (Å²) in [6, 6.07) is 0. The number of thiol groups is 1. The molecule has 0 spiro atoms. The lowest BCUT2D eigenvalue weighted by Crippen LogP contribution is -2.23. The summed E-state index contributed by atoms with van der Waals surface area (Å²) in [5.41, 5.74) is 0.0216. The minimum atomic E-state index is -0.484. The van der Waals surface area contributed by atoms with Gasteiger partial charge >= 0.3 is 0 Å². The van der Waals surface area contributed by atoms with Crippen molar-refractivity contribution in [2.24, 2.45) is 10.8 Å². The van der Waals surface area contributed by atoms with Crippen LogP contribution in [-0.2, 0) is 0 Å². The summed E-state index contributed by atoms with van der Waals surface area (Å²) in [6.45, 7) is 11.0. The van der Waals surface area contributed by atoms with Gasteiger partial charge in [-0.05, 0) is 23.7 Å². The molecule has 0 bridgehead atoms. The van der Waals surface area contributed by atoms with Gasteiger partial charge in [0, 0.05) is 0 Å². The van der Waals surface area contributed by atoms with Crippen molar-refractivity contribution in [2.75, 3.05) is 0 Å².